The molecule has 0 amide bonds. The van der Waals surface area contributed by atoms with E-state index >= 15 is 4.39 Å². The lowest BCUT2D eigenvalue weighted by Crippen LogP contribution is -2.49. The molecule has 0 atom stereocenters. The minimum Gasteiger partial charge on any atom is -0.383 e. The topological polar surface area (TPSA) is 75.2 Å². The first-order chi connectivity index (χ1) is 20.2. The highest BCUT2D eigenvalue weighted by Gasteiger charge is 2.33. The van der Waals surface area contributed by atoms with Crippen molar-refractivity contribution in [3.05, 3.63) is 71.7 Å². The molecule has 0 unspecified atom stereocenters. The second kappa shape index (κ2) is 11.5. The fourth-order valence-corrected chi connectivity index (χ4v) is 6.40. The summed E-state index contributed by atoms with van der Waals surface area (Å²) in [6.45, 7) is 4.25. The SMILES string of the molecule is CN1CCN(C2CCC(n3nc(-c4ccc(NCc5ccccc5C(F)(F)F)c(F)c4)c4c(N)nccc43)CC2)CC1. The molecule has 2 fully saturated rings. The fraction of sp³-hybridized carbons (Fsp3) is 0.419. The van der Waals surface area contributed by atoms with Crippen LogP contribution < -0.4 is 11.1 Å². The van der Waals surface area contributed by atoms with Crippen LogP contribution in [0.1, 0.15) is 42.9 Å². The minimum atomic E-state index is -4.49. The molecule has 4 aromatic rings. The Balaban J connectivity index is 1.22. The second-order valence-corrected chi connectivity index (χ2v) is 11.4. The molecule has 11 heteroatoms. The lowest BCUT2D eigenvalue weighted by Gasteiger charge is -2.41. The number of fused-ring (bicyclic) bond motifs is 1. The summed E-state index contributed by atoms with van der Waals surface area (Å²) in [6.07, 6.45) is 1.36. The predicted molar refractivity (Wildman–Crippen MR) is 156 cm³/mol. The zero-order chi connectivity index (χ0) is 29.4. The van der Waals surface area contributed by atoms with E-state index in [1.165, 1.54) is 30.3 Å². The highest BCUT2D eigenvalue weighted by molar-refractivity contribution is 6.00. The van der Waals surface area contributed by atoms with Crippen molar-refractivity contribution < 1.29 is 17.6 Å². The first-order valence-corrected chi connectivity index (χ1v) is 14.4. The molecule has 2 aromatic heterocycles. The average molecular weight is 582 g/mol. The van der Waals surface area contributed by atoms with E-state index in [0.29, 0.717) is 28.5 Å². The van der Waals surface area contributed by atoms with Gasteiger partial charge in [0.2, 0.25) is 0 Å². The highest BCUT2D eigenvalue weighted by atomic mass is 19.4. The third kappa shape index (κ3) is 5.67. The Kier molecular flexibility index (Phi) is 7.80. The molecule has 42 heavy (non-hydrogen) atoms. The number of benzene rings is 2. The smallest absolute Gasteiger partial charge is 0.383 e. The average Bonchev–Trinajstić information content (AvgIpc) is 3.38. The van der Waals surface area contributed by atoms with Gasteiger partial charge < -0.3 is 16.0 Å². The van der Waals surface area contributed by atoms with Crippen molar-refractivity contribution in [1.29, 1.82) is 0 Å². The van der Waals surface area contributed by atoms with Gasteiger partial charge in [-0.25, -0.2) is 9.37 Å². The lowest BCUT2D eigenvalue weighted by molar-refractivity contribution is -0.138. The third-order valence-corrected chi connectivity index (χ3v) is 8.75. The van der Waals surface area contributed by atoms with Gasteiger partial charge in [-0.15, -0.1) is 0 Å². The Morgan fingerprint density at radius 3 is 2.38 bits per heavy atom. The van der Waals surface area contributed by atoms with Gasteiger partial charge >= 0.3 is 6.18 Å². The molecule has 0 radical (unpaired) electrons. The van der Waals surface area contributed by atoms with Crippen LogP contribution in [0.15, 0.2) is 54.7 Å². The van der Waals surface area contributed by atoms with Gasteiger partial charge in [-0.3, -0.25) is 9.58 Å². The quantitative estimate of drug-likeness (QED) is 0.265. The number of halogens is 4. The van der Waals surface area contributed by atoms with Gasteiger partial charge in [-0.2, -0.15) is 18.3 Å². The molecule has 2 aromatic carbocycles. The molecule has 222 valence electrons. The van der Waals surface area contributed by atoms with Crippen molar-refractivity contribution in [2.24, 2.45) is 0 Å². The summed E-state index contributed by atoms with van der Waals surface area (Å²) in [5.41, 5.74) is 7.67. The molecule has 3 N–H and O–H groups in total. The Bertz CT molecular complexity index is 1550. The standard InChI is InChI=1S/C31H35F4N7/c1-40-14-16-41(17-15-40)22-7-9-23(10-8-22)42-27-12-13-37-30(36)28(27)29(39-42)20-6-11-26(25(32)18-20)38-19-21-4-2-3-5-24(21)31(33,34)35/h2-6,11-13,18,22-23,38H,7-10,14-17,19H2,1H3,(H2,36,37). The summed E-state index contributed by atoms with van der Waals surface area (Å²) in [5, 5.41) is 8.45. The number of nitrogens with one attached hydrogen (secondary N) is 1. The van der Waals surface area contributed by atoms with E-state index in [9.17, 15) is 13.2 Å². The molecule has 0 spiro atoms. The molecule has 7 nitrogen and oxygen atoms in total. The number of nitrogen functional groups attached to an aromatic ring is 1. The molecule has 1 aliphatic heterocycles. The van der Waals surface area contributed by atoms with E-state index in [-0.39, 0.29) is 23.8 Å². The number of rotatable bonds is 6. The van der Waals surface area contributed by atoms with E-state index in [1.54, 1.807) is 12.3 Å². The summed E-state index contributed by atoms with van der Waals surface area (Å²) in [6, 6.07) is 12.6. The zero-order valence-electron chi connectivity index (χ0n) is 23.5. The number of nitrogens with zero attached hydrogens (tertiary/aromatic N) is 5. The van der Waals surface area contributed by atoms with Crippen LogP contribution in [0.4, 0.5) is 29.1 Å². The summed E-state index contributed by atoms with van der Waals surface area (Å²) in [5.74, 6) is -0.263. The van der Waals surface area contributed by atoms with E-state index < -0.39 is 17.6 Å². The monoisotopic (exact) mass is 581 g/mol. The van der Waals surface area contributed by atoms with Gasteiger partial charge in [-0.1, -0.05) is 24.3 Å². The molecular weight excluding hydrogens is 546 g/mol. The number of likely N-dealkylation sites (N-methyl/N-ethyl adjacent to an activating group) is 1. The zero-order valence-corrected chi connectivity index (χ0v) is 23.5. The van der Waals surface area contributed by atoms with E-state index in [4.69, 9.17) is 10.8 Å². The maximum atomic E-state index is 15.3. The maximum absolute atomic E-state index is 15.3. The Labute approximate surface area is 242 Å². The first-order valence-electron chi connectivity index (χ1n) is 14.4. The van der Waals surface area contributed by atoms with Gasteiger partial charge in [-0.05, 0) is 62.6 Å². The normalized spacial score (nSPS) is 20.7. The van der Waals surface area contributed by atoms with Crippen LogP contribution in [0.25, 0.3) is 22.2 Å². The molecule has 0 bridgehead atoms. The van der Waals surface area contributed by atoms with Crippen molar-refractivity contribution in [1.82, 2.24) is 24.6 Å². The largest absolute Gasteiger partial charge is 0.416 e. The summed E-state index contributed by atoms with van der Waals surface area (Å²) in [4.78, 5) is 9.27. The van der Waals surface area contributed by atoms with E-state index in [1.807, 2.05) is 10.7 Å². The molecule has 6 rings (SSSR count). The van der Waals surface area contributed by atoms with Crippen molar-refractivity contribution in [2.75, 3.05) is 44.3 Å². The number of pyridine rings is 1. The molecule has 1 aliphatic carbocycles. The number of hydrogen-bond donors (Lipinski definition) is 2. The van der Waals surface area contributed by atoms with Crippen LogP contribution in [0, 0.1) is 5.82 Å². The Morgan fingerprint density at radius 2 is 1.67 bits per heavy atom. The Hall–Kier alpha value is -3.70. The number of hydrogen-bond acceptors (Lipinski definition) is 6. The van der Waals surface area contributed by atoms with Crippen molar-refractivity contribution in [2.45, 2.75) is 50.5 Å². The number of alkyl halides is 3. The van der Waals surface area contributed by atoms with Gasteiger partial charge in [0.05, 0.1) is 28.2 Å². The molecule has 3 heterocycles. The van der Waals surface area contributed by atoms with Gasteiger partial charge in [0.25, 0.3) is 0 Å². The number of piperazine rings is 1. The molecule has 1 saturated heterocycles. The summed E-state index contributed by atoms with van der Waals surface area (Å²) in [7, 11) is 2.17. The van der Waals surface area contributed by atoms with Crippen molar-refractivity contribution in [3.63, 3.8) is 0 Å². The van der Waals surface area contributed by atoms with Gasteiger partial charge in [0.1, 0.15) is 17.3 Å². The Morgan fingerprint density at radius 1 is 0.952 bits per heavy atom. The van der Waals surface area contributed by atoms with Crippen LogP contribution in [0.5, 0.6) is 0 Å². The molecule has 1 saturated carbocycles. The first kappa shape index (κ1) is 28.4. The van der Waals surface area contributed by atoms with Gasteiger partial charge in [0, 0.05) is 50.5 Å². The minimum absolute atomic E-state index is 0.0411. The fourth-order valence-electron chi connectivity index (χ4n) is 6.40. The van der Waals surface area contributed by atoms with Gasteiger partial charge in [0.15, 0.2) is 0 Å². The number of nitrogens with two attached hydrogens (primary N) is 1. The van der Waals surface area contributed by atoms with Crippen LogP contribution >= 0.6 is 0 Å². The van der Waals surface area contributed by atoms with Crippen LogP contribution in [0.3, 0.4) is 0 Å². The van der Waals surface area contributed by atoms with E-state index in [0.717, 1.165) is 63.4 Å². The van der Waals surface area contributed by atoms with Crippen LogP contribution in [-0.2, 0) is 12.7 Å². The van der Waals surface area contributed by atoms with Crippen molar-refractivity contribution in [3.8, 4) is 11.3 Å². The number of anilines is 2. The molecule has 2 aliphatic rings. The van der Waals surface area contributed by atoms with E-state index in [2.05, 4.69) is 27.1 Å². The second-order valence-electron chi connectivity index (χ2n) is 11.4. The van der Waals surface area contributed by atoms with Crippen molar-refractivity contribution >= 4 is 22.4 Å². The molecular formula is C31H35F4N7. The third-order valence-electron chi connectivity index (χ3n) is 8.75. The van der Waals surface area contributed by atoms with Crippen LogP contribution in [-0.4, -0.2) is 63.8 Å². The summed E-state index contributed by atoms with van der Waals surface area (Å²) < 4.78 is 57.5. The predicted octanol–water partition coefficient (Wildman–Crippen LogP) is 6.18. The summed E-state index contributed by atoms with van der Waals surface area (Å²) >= 11 is 0. The highest BCUT2D eigenvalue weighted by Crippen LogP contribution is 2.38. The maximum Gasteiger partial charge on any atom is 0.416 e. The lowest BCUT2D eigenvalue weighted by atomic mass is 9.89. The number of aromatic nitrogens is 3. The van der Waals surface area contributed by atoms with Crippen LogP contribution in [0.2, 0.25) is 0 Å².